The minimum Gasteiger partial charge on any atom is -0.469 e. The summed E-state index contributed by atoms with van der Waals surface area (Å²) in [6, 6.07) is 0. The van der Waals surface area contributed by atoms with E-state index in [9.17, 15) is 19.2 Å². The van der Waals surface area contributed by atoms with Gasteiger partial charge < -0.3 is 9.64 Å². The van der Waals surface area contributed by atoms with E-state index in [-0.39, 0.29) is 35.8 Å². The SMILES string of the molecule is COC(=O)CC(C)SCC(=O)NC(=O)CN1CCCC1=O. The molecule has 0 aromatic carbocycles. The summed E-state index contributed by atoms with van der Waals surface area (Å²) < 4.78 is 4.53. The van der Waals surface area contributed by atoms with Crippen LogP contribution in [-0.2, 0) is 23.9 Å². The van der Waals surface area contributed by atoms with Crippen LogP contribution in [0.15, 0.2) is 0 Å². The summed E-state index contributed by atoms with van der Waals surface area (Å²) in [6.45, 7) is 2.29. The van der Waals surface area contributed by atoms with E-state index in [1.54, 1.807) is 6.92 Å². The number of rotatable bonds is 7. The van der Waals surface area contributed by atoms with Crippen LogP contribution in [0.2, 0.25) is 0 Å². The fraction of sp³-hybridized carbons (Fsp3) is 0.692. The first-order chi connectivity index (χ1) is 9.92. The highest BCUT2D eigenvalue weighted by Crippen LogP contribution is 2.14. The summed E-state index contributed by atoms with van der Waals surface area (Å²) in [4.78, 5) is 47.0. The van der Waals surface area contributed by atoms with Crippen LogP contribution in [0.25, 0.3) is 0 Å². The molecule has 0 spiro atoms. The molecule has 1 atom stereocenters. The molecule has 1 aliphatic heterocycles. The molecular weight excluding hydrogens is 296 g/mol. The molecular formula is C13H20N2O5S. The quantitative estimate of drug-likeness (QED) is 0.661. The maximum atomic E-state index is 11.6. The van der Waals surface area contributed by atoms with E-state index in [2.05, 4.69) is 10.1 Å². The number of ether oxygens (including phenoxy) is 1. The topological polar surface area (TPSA) is 92.8 Å². The van der Waals surface area contributed by atoms with E-state index >= 15 is 0 Å². The van der Waals surface area contributed by atoms with Gasteiger partial charge in [0.25, 0.3) is 0 Å². The van der Waals surface area contributed by atoms with Gasteiger partial charge in [-0.15, -0.1) is 11.8 Å². The number of carbonyl (C=O) groups excluding carboxylic acids is 4. The zero-order valence-corrected chi connectivity index (χ0v) is 13.0. The molecule has 1 N–H and O–H groups in total. The third-order valence-electron chi connectivity index (χ3n) is 2.97. The van der Waals surface area contributed by atoms with Gasteiger partial charge in [0.15, 0.2) is 0 Å². The van der Waals surface area contributed by atoms with Gasteiger partial charge in [0.1, 0.15) is 0 Å². The number of imide groups is 1. The molecule has 1 heterocycles. The van der Waals surface area contributed by atoms with Crippen LogP contribution in [0.1, 0.15) is 26.2 Å². The number of hydrogen-bond donors (Lipinski definition) is 1. The second kappa shape index (κ2) is 8.66. The van der Waals surface area contributed by atoms with E-state index in [1.807, 2.05) is 0 Å². The average Bonchev–Trinajstić information content (AvgIpc) is 2.81. The van der Waals surface area contributed by atoms with Crippen molar-refractivity contribution in [3.8, 4) is 0 Å². The molecule has 1 aliphatic rings. The van der Waals surface area contributed by atoms with E-state index in [0.717, 1.165) is 6.42 Å². The van der Waals surface area contributed by atoms with Gasteiger partial charge >= 0.3 is 5.97 Å². The van der Waals surface area contributed by atoms with Crippen molar-refractivity contribution in [2.45, 2.75) is 31.4 Å². The Bertz CT molecular complexity index is 427. The molecule has 3 amide bonds. The first-order valence-corrected chi connectivity index (χ1v) is 7.76. The van der Waals surface area contributed by atoms with Crippen LogP contribution in [0.4, 0.5) is 0 Å². The Morgan fingerprint density at radius 1 is 1.38 bits per heavy atom. The Hall–Kier alpha value is -1.57. The minimum absolute atomic E-state index is 0.0568. The van der Waals surface area contributed by atoms with Crippen LogP contribution < -0.4 is 5.32 Å². The number of amides is 3. The third kappa shape index (κ3) is 6.61. The van der Waals surface area contributed by atoms with Crippen LogP contribution in [0.5, 0.6) is 0 Å². The number of hydrogen-bond acceptors (Lipinski definition) is 6. The number of nitrogens with zero attached hydrogens (tertiary/aromatic N) is 1. The second-order valence-electron chi connectivity index (χ2n) is 4.79. The van der Waals surface area contributed by atoms with Crippen molar-refractivity contribution in [1.29, 1.82) is 0 Å². The summed E-state index contributed by atoms with van der Waals surface area (Å²) >= 11 is 1.27. The summed E-state index contributed by atoms with van der Waals surface area (Å²) in [7, 11) is 1.31. The first kappa shape index (κ1) is 17.5. The molecule has 8 heteroatoms. The summed E-state index contributed by atoms with van der Waals surface area (Å²) in [5.74, 6) is -1.21. The third-order valence-corrected chi connectivity index (χ3v) is 4.13. The van der Waals surface area contributed by atoms with Gasteiger partial charge in [0, 0.05) is 18.2 Å². The van der Waals surface area contributed by atoms with Gasteiger partial charge in [0.2, 0.25) is 17.7 Å². The predicted octanol–water partition coefficient (Wildman–Crippen LogP) is -0.0636. The van der Waals surface area contributed by atoms with Crippen LogP contribution in [0.3, 0.4) is 0 Å². The Balaban J connectivity index is 2.22. The number of esters is 1. The van der Waals surface area contributed by atoms with Gasteiger partial charge in [-0.2, -0.15) is 0 Å². The molecule has 0 aromatic rings. The van der Waals surface area contributed by atoms with Crippen molar-refractivity contribution in [2.75, 3.05) is 26.0 Å². The molecule has 0 radical (unpaired) electrons. The fourth-order valence-corrected chi connectivity index (χ4v) is 2.63. The van der Waals surface area contributed by atoms with Crippen LogP contribution in [-0.4, -0.2) is 59.8 Å². The van der Waals surface area contributed by atoms with Crippen molar-refractivity contribution in [3.05, 3.63) is 0 Å². The van der Waals surface area contributed by atoms with Crippen molar-refractivity contribution in [2.24, 2.45) is 0 Å². The van der Waals surface area contributed by atoms with Gasteiger partial charge in [-0.1, -0.05) is 6.92 Å². The van der Waals surface area contributed by atoms with Crippen LogP contribution >= 0.6 is 11.8 Å². The lowest BCUT2D eigenvalue weighted by molar-refractivity contribution is -0.140. The Labute approximate surface area is 127 Å². The zero-order valence-electron chi connectivity index (χ0n) is 12.2. The highest BCUT2D eigenvalue weighted by Gasteiger charge is 2.23. The molecule has 0 aliphatic carbocycles. The van der Waals surface area contributed by atoms with Gasteiger partial charge in [-0.05, 0) is 6.42 Å². The lowest BCUT2D eigenvalue weighted by atomic mass is 10.3. The maximum Gasteiger partial charge on any atom is 0.306 e. The number of nitrogens with one attached hydrogen (secondary N) is 1. The Morgan fingerprint density at radius 3 is 2.67 bits per heavy atom. The van der Waals surface area contributed by atoms with Crippen molar-refractivity contribution in [3.63, 3.8) is 0 Å². The normalized spacial score (nSPS) is 15.7. The fourth-order valence-electron chi connectivity index (χ4n) is 1.87. The highest BCUT2D eigenvalue weighted by molar-refractivity contribution is 8.00. The van der Waals surface area contributed by atoms with Gasteiger partial charge in [-0.25, -0.2) is 0 Å². The maximum absolute atomic E-state index is 11.6. The second-order valence-corrected chi connectivity index (χ2v) is 6.22. The largest absolute Gasteiger partial charge is 0.469 e. The van der Waals surface area contributed by atoms with Gasteiger partial charge in [0.05, 0.1) is 25.8 Å². The number of methoxy groups -OCH3 is 1. The molecule has 1 fully saturated rings. The molecule has 1 rings (SSSR count). The molecule has 0 bridgehead atoms. The molecule has 7 nitrogen and oxygen atoms in total. The Kier molecular flexibility index (Phi) is 7.21. The molecule has 0 saturated carbocycles. The highest BCUT2D eigenvalue weighted by atomic mass is 32.2. The summed E-state index contributed by atoms with van der Waals surface area (Å²) in [6.07, 6.45) is 1.42. The smallest absolute Gasteiger partial charge is 0.306 e. The summed E-state index contributed by atoms with van der Waals surface area (Å²) in [5.41, 5.74) is 0. The van der Waals surface area contributed by atoms with Gasteiger partial charge in [-0.3, -0.25) is 24.5 Å². The number of carbonyl (C=O) groups is 4. The van der Waals surface area contributed by atoms with E-state index in [1.165, 1.54) is 23.8 Å². The standard InChI is InChI=1S/C13H20N2O5S/c1-9(6-13(19)20-2)21-8-11(17)14-10(16)7-15-5-3-4-12(15)18/h9H,3-8H2,1-2H3,(H,14,16,17). The molecule has 118 valence electrons. The minimum atomic E-state index is -0.475. The van der Waals surface area contributed by atoms with Crippen molar-refractivity contribution in [1.82, 2.24) is 10.2 Å². The monoisotopic (exact) mass is 316 g/mol. The molecule has 0 aromatic heterocycles. The van der Waals surface area contributed by atoms with Crippen molar-refractivity contribution >= 4 is 35.5 Å². The van der Waals surface area contributed by atoms with E-state index in [0.29, 0.717) is 13.0 Å². The van der Waals surface area contributed by atoms with E-state index in [4.69, 9.17) is 0 Å². The van der Waals surface area contributed by atoms with Crippen LogP contribution in [0, 0.1) is 0 Å². The first-order valence-electron chi connectivity index (χ1n) is 6.71. The predicted molar refractivity (Wildman–Crippen MR) is 77.5 cm³/mol. The molecule has 1 saturated heterocycles. The molecule has 1 unspecified atom stereocenters. The molecule has 21 heavy (non-hydrogen) atoms. The lowest BCUT2D eigenvalue weighted by Gasteiger charge is -2.14. The van der Waals surface area contributed by atoms with Crippen molar-refractivity contribution < 1.29 is 23.9 Å². The summed E-state index contributed by atoms with van der Waals surface area (Å²) in [5, 5.41) is 2.17. The number of likely N-dealkylation sites (tertiary alicyclic amines) is 1. The number of thioether (sulfide) groups is 1. The lowest BCUT2D eigenvalue weighted by Crippen LogP contribution is -2.41. The average molecular weight is 316 g/mol. The Morgan fingerprint density at radius 2 is 2.10 bits per heavy atom. The van der Waals surface area contributed by atoms with E-state index < -0.39 is 11.8 Å². The zero-order chi connectivity index (χ0) is 15.8.